The summed E-state index contributed by atoms with van der Waals surface area (Å²) < 4.78 is 29.9. The van der Waals surface area contributed by atoms with E-state index in [-0.39, 0.29) is 29.8 Å². The summed E-state index contributed by atoms with van der Waals surface area (Å²) >= 11 is 0. The van der Waals surface area contributed by atoms with E-state index in [0.29, 0.717) is 24.3 Å². The van der Waals surface area contributed by atoms with E-state index in [1.54, 1.807) is 21.7 Å². The zero-order valence-corrected chi connectivity index (χ0v) is 20.2. The lowest BCUT2D eigenvalue weighted by molar-refractivity contribution is -0.117. The van der Waals surface area contributed by atoms with Crippen LogP contribution in [0.15, 0.2) is 59.5 Å². The number of carbonyl (C=O) groups excluding carboxylic acids is 2. The molecule has 1 aromatic heterocycles. The van der Waals surface area contributed by atoms with E-state index in [1.807, 2.05) is 37.4 Å². The fourth-order valence-electron chi connectivity index (χ4n) is 4.18. The monoisotopic (exact) mass is 481 g/mol. The maximum absolute atomic E-state index is 13.3. The van der Waals surface area contributed by atoms with E-state index in [1.165, 1.54) is 30.3 Å². The number of nitrogens with one attached hydrogen (secondary N) is 1. The van der Waals surface area contributed by atoms with E-state index in [4.69, 9.17) is 0 Å². The van der Waals surface area contributed by atoms with Crippen LogP contribution in [0.4, 0.5) is 11.4 Å². The maximum Gasteiger partial charge on any atom is 0.243 e. The van der Waals surface area contributed by atoms with Gasteiger partial charge in [0.15, 0.2) is 0 Å². The predicted molar refractivity (Wildman–Crippen MR) is 129 cm³/mol. The molecular weight excluding hydrogens is 454 g/mol. The van der Waals surface area contributed by atoms with Crippen molar-refractivity contribution < 1.29 is 18.0 Å². The minimum Gasteiger partial charge on any atom is -0.326 e. The minimum absolute atomic E-state index is 0.120. The van der Waals surface area contributed by atoms with Gasteiger partial charge < -0.3 is 10.2 Å². The standard InChI is InChI=1S/C24H27N5O4S/c1-17(30)25-19-9-11-21(12-10-19)34(32,33)28-14-13-24-22(15-28)23(26-27(24)3)16-29(18(2)31)20-7-5-4-6-8-20/h4-12H,13-16H2,1-3H3,(H,25,30). The number of carbonyl (C=O) groups is 2. The fourth-order valence-corrected chi connectivity index (χ4v) is 5.59. The van der Waals surface area contributed by atoms with Crippen molar-refractivity contribution in [3.63, 3.8) is 0 Å². The number of aromatic nitrogens is 2. The maximum atomic E-state index is 13.3. The van der Waals surface area contributed by atoms with Gasteiger partial charge in [0, 0.05) is 63.0 Å². The number of amides is 2. The highest BCUT2D eigenvalue weighted by Gasteiger charge is 2.32. The third-order valence-electron chi connectivity index (χ3n) is 5.86. The first-order chi connectivity index (χ1) is 16.2. The van der Waals surface area contributed by atoms with Crippen molar-refractivity contribution in [1.29, 1.82) is 0 Å². The number of fused-ring (bicyclic) bond motifs is 1. The summed E-state index contributed by atoms with van der Waals surface area (Å²) in [6.07, 6.45) is 0.521. The van der Waals surface area contributed by atoms with Crippen LogP contribution in [-0.4, -0.2) is 40.9 Å². The van der Waals surface area contributed by atoms with E-state index in [9.17, 15) is 18.0 Å². The minimum atomic E-state index is -3.75. The summed E-state index contributed by atoms with van der Waals surface area (Å²) in [5.74, 6) is -0.344. The molecule has 0 radical (unpaired) electrons. The number of anilines is 2. The van der Waals surface area contributed by atoms with Crippen molar-refractivity contribution in [3.8, 4) is 0 Å². The van der Waals surface area contributed by atoms with Crippen LogP contribution in [0.2, 0.25) is 0 Å². The molecule has 0 saturated carbocycles. The van der Waals surface area contributed by atoms with Crippen molar-refractivity contribution in [2.24, 2.45) is 7.05 Å². The molecule has 0 unspecified atom stereocenters. The highest BCUT2D eigenvalue weighted by atomic mass is 32.2. The van der Waals surface area contributed by atoms with Crippen LogP contribution < -0.4 is 10.2 Å². The molecule has 0 saturated heterocycles. The van der Waals surface area contributed by atoms with Gasteiger partial charge in [-0.25, -0.2) is 8.42 Å². The molecular formula is C24H27N5O4S. The number of nitrogens with zero attached hydrogens (tertiary/aromatic N) is 4. The molecule has 0 spiro atoms. The Bertz CT molecular complexity index is 1320. The second kappa shape index (κ2) is 9.40. The molecule has 4 rings (SSSR count). The Hall–Kier alpha value is -3.50. The van der Waals surface area contributed by atoms with Gasteiger partial charge in [0.25, 0.3) is 0 Å². The van der Waals surface area contributed by atoms with Crippen LogP contribution in [-0.2, 0) is 46.2 Å². The van der Waals surface area contributed by atoms with Gasteiger partial charge in [0.05, 0.1) is 17.1 Å². The number of hydrogen-bond acceptors (Lipinski definition) is 5. The molecule has 0 bridgehead atoms. The predicted octanol–water partition coefficient (Wildman–Crippen LogP) is 2.68. The van der Waals surface area contributed by atoms with E-state index >= 15 is 0 Å². The summed E-state index contributed by atoms with van der Waals surface area (Å²) in [7, 11) is -1.91. The van der Waals surface area contributed by atoms with Crippen LogP contribution in [0.3, 0.4) is 0 Å². The van der Waals surface area contributed by atoms with E-state index < -0.39 is 10.0 Å². The van der Waals surface area contributed by atoms with Crippen molar-refractivity contribution in [3.05, 3.63) is 71.5 Å². The molecule has 2 amide bonds. The summed E-state index contributed by atoms with van der Waals surface area (Å²) in [6, 6.07) is 15.5. The lowest BCUT2D eigenvalue weighted by Gasteiger charge is -2.28. The molecule has 0 atom stereocenters. The molecule has 1 aliphatic rings. The second-order valence-corrected chi connectivity index (χ2v) is 10.2. The average molecular weight is 482 g/mol. The molecule has 10 heteroatoms. The number of benzene rings is 2. The van der Waals surface area contributed by atoms with Gasteiger partial charge in [0.1, 0.15) is 0 Å². The molecule has 9 nitrogen and oxygen atoms in total. The van der Waals surface area contributed by atoms with Crippen molar-refractivity contribution >= 4 is 33.2 Å². The van der Waals surface area contributed by atoms with E-state index in [2.05, 4.69) is 10.4 Å². The molecule has 34 heavy (non-hydrogen) atoms. The number of para-hydroxylation sites is 1. The Morgan fingerprint density at radius 2 is 1.74 bits per heavy atom. The molecule has 3 aromatic rings. The Balaban J connectivity index is 1.61. The molecule has 178 valence electrons. The van der Waals surface area contributed by atoms with Gasteiger partial charge >= 0.3 is 0 Å². The fraction of sp³-hybridized carbons (Fsp3) is 0.292. The van der Waals surface area contributed by atoms with Gasteiger partial charge in [-0.1, -0.05) is 18.2 Å². The van der Waals surface area contributed by atoms with Gasteiger partial charge in [-0.3, -0.25) is 14.3 Å². The van der Waals surface area contributed by atoms with Crippen LogP contribution in [0.5, 0.6) is 0 Å². The molecule has 0 fully saturated rings. The van der Waals surface area contributed by atoms with Crippen LogP contribution >= 0.6 is 0 Å². The van der Waals surface area contributed by atoms with Gasteiger partial charge in [0.2, 0.25) is 21.8 Å². The van der Waals surface area contributed by atoms with Crippen LogP contribution in [0.25, 0.3) is 0 Å². The summed E-state index contributed by atoms with van der Waals surface area (Å²) in [6.45, 7) is 3.66. The lowest BCUT2D eigenvalue weighted by atomic mass is 10.1. The number of aryl methyl sites for hydroxylation is 1. The molecule has 1 aliphatic heterocycles. The third-order valence-corrected chi connectivity index (χ3v) is 7.72. The number of sulfonamides is 1. The zero-order chi connectivity index (χ0) is 24.5. The molecule has 1 N–H and O–H groups in total. The second-order valence-electron chi connectivity index (χ2n) is 8.23. The normalized spacial score (nSPS) is 13.9. The summed E-state index contributed by atoms with van der Waals surface area (Å²) in [4.78, 5) is 25.4. The van der Waals surface area contributed by atoms with Crippen molar-refractivity contribution in [2.45, 2.75) is 38.3 Å². The van der Waals surface area contributed by atoms with Gasteiger partial charge in [-0.15, -0.1) is 0 Å². The third kappa shape index (κ3) is 4.73. The van der Waals surface area contributed by atoms with Crippen molar-refractivity contribution in [2.75, 3.05) is 16.8 Å². The average Bonchev–Trinajstić information content (AvgIpc) is 3.12. The smallest absolute Gasteiger partial charge is 0.243 e. The zero-order valence-electron chi connectivity index (χ0n) is 19.4. The van der Waals surface area contributed by atoms with Gasteiger partial charge in [-0.2, -0.15) is 9.40 Å². The van der Waals surface area contributed by atoms with Gasteiger partial charge in [-0.05, 0) is 36.4 Å². The highest BCUT2D eigenvalue weighted by molar-refractivity contribution is 7.89. The largest absolute Gasteiger partial charge is 0.326 e. The highest BCUT2D eigenvalue weighted by Crippen LogP contribution is 2.29. The van der Waals surface area contributed by atoms with E-state index in [0.717, 1.165) is 16.9 Å². The van der Waals surface area contributed by atoms with Crippen molar-refractivity contribution in [1.82, 2.24) is 14.1 Å². The Labute approximate surface area is 199 Å². The quantitative estimate of drug-likeness (QED) is 0.583. The topological polar surface area (TPSA) is 105 Å². The Kier molecular flexibility index (Phi) is 6.54. The molecule has 2 aromatic carbocycles. The Morgan fingerprint density at radius 3 is 2.35 bits per heavy atom. The summed E-state index contributed by atoms with van der Waals surface area (Å²) in [5.41, 5.74) is 3.77. The molecule has 0 aliphatic carbocycles. The first-order valence-electron chi connectivity index (χ1n) is 10.9. The lowest BCUT2D eigenvalue weighted by Crippen LogP contribution is -2.37. The van der Waals surface area contributed by atoms with Crippen LogP contribution in [0.1, 0.15) is 30.8 Å². The van der Waals surface area contributed by atoms with Crippen LogP contribution in [0, 0.1) is 0 Å². The SMILES string of the molecule is CC(=O)Nc1ccc(S(=O)(=O)N2CCc3c(c(CN(C(C)=O)c4ccccc4)nn3C)C2)cc1. The summed E-state index contributed by atoms with van der Waals surface area (Å²) in [5, 5.41) is 7.27. The Morgan fingerprint density at radius 1 is 1.06 bits per heavy atom. The molecule has 2 heterocycles. The first-order valence-corrected chi connectivity index (χ1v) is 12.4. The number of rotatable bonds is 6. The number of hydrogen-bond donors (Lipinski definition) is 1. The first kappa shape index (κ1) is 23.7.